The Morgan fingerprint density at radius 1 is 1.50 bits per heavy atom. The number of ether oxygens (including phenoxy) is 1. The van der Waals surface area contributed by atoms with Crippen molar-refractivity contribution in [1.29, 1.82) is 0 Å². The van der Waals surface area contributed by atoms with Gasteiger partial charge in [0.1, 0.15) is 5.75 Å². The number of carbonyl (C=O) groups is 1. The van der Waals surface area contributed by atoms with Crippen LogP contribution in [0.3, 0.4) is 0 Å². The molecule has 0 aromatic heterocycles. The van der Waals surface area contributed by atoms with E-state index in [-0.39, 0.29) is 5.91 Å². The molecule has 16 heavy (non-hydrogen) atoms. The molecule has 0 unspecified atom stereocenters. The molecule has 1 aromatic carbocycles. The highest BCUT2D eigenvalue weighted by atomic mass is 35.5. The van der Waals surface area contributed by atoms with Crippen LogP contribution in [0.4, 0.5) is 0 Å². The normalized spacial score (nSPS) is 11.2. The first kappa shape index (κ1) is 12.8. The van der Waals surface area contributed by atoms with Crippen molar-refractivity contribution in [2.24, 2.45) is 11.1 Å². The van der Waals surface area contributed by atoms with Crippen molar-refractivity contribution in [3.63, 3.8) is 0 Å². The van der Waals surface area contributed by atoms with Gasteiger partial charge < -0.3 is 10.5 Å². The second kappa shape index (κ2) is 4.74. The van der Waals surface area contributed by atoms with Crippen molar-refractivity contribution in [1.82, 2.24) is 0 Å². The molecule has 0 fully saturated rings. The van der Waals surface area contributed by atoms with Gasteiger partial charge in [-0.05, 0) is 24.1 Å². The van der Waals surface area contributed by atoms with Crippen LogP contribution in [0.15, 0.2) is 18.2 Å². The zero-order valence-electron chi connectivity index (χ0n) is 9.71. The lowest BCUT2D eigenvalue weighted by Gasteiger charge is -2.20. The number of halogens is 1. The maximum atomic E-state index is 11.2. The SMILES string of the molecule is COc1cc(CC(C)(C)C(N)=O)ccc1Cl. The minimum Gasteiger partial charge on any atom is -0.495 e. The van der Waals surface area contributed by atoms with E-state index >= 15 is 0 Å². The number of carbonyl (C=O) groups excluding carboxylic acids is 1. The zero-order valence-corrected chi connectivity index (χ0v) is 10.5. The van der Waals surface area contributed by atoms with E-state index in [2.05, 4.69) is 0 Å². The highest BCUT2D eigenvalue weighted by Gasteiger charge is 2.25. The third-order valence-electron chi connectivity index (χ3n) is 2.53. The Kier molecular flexibility index (Phi) is 3.81. The fourth-order valence-electron chi connectivity index (χ4n) is 1.41. The van der Waals surface area contributed by atoms with E-state index in [9.17, 15) is 4.79 Å². The number of rotatable bonds is 4. The summed E-state index contributed by atoms with van der Waals surface area (Å²) in [5, 5.41) is 0.558. The molecule has 0 saturated carbocycles. The van der Waals surface area contributed by atoms with E-state index in [1.165, 1.54) is 0 Å². The van der Waals surface area contributed by atoms with Crippen LogP contribution < -0.4 is 10.5 Å². The molecular weight excluding hydrogens is 226 g/mol. The number of methoxy groups -OCH3 is 1. The fraction of sp³-hybridized carbons (Fsp3) is 0.417. The van der Waals surface area contributed by atoms with E-state index in [0.29, 0.717) is 17.2 Å². The second-order valence-corrected chi connectivity index (χ2v) is 4.80. The summed E-state index contributed by atoms with van der Waals surface area (Å²) in [4.78, 5) is 11.2. The molecular formula is C12H16ClNO2. The van der Waals surface area contributed by atoms with Crippen LogP contribution in [-0.2, 0) is 11.2 Å². The standard InChI is InChI=1S/C12H16ClNO2/c1-12(2,11(14)15)7-8-4-5-9(13)10(6-8)16-3/h4-6H,7H2,1-3H3,(H2,14,15). The van der Waals surface area contributed by atoms with Gasteiger partial charge in [-0.1, -0.05) is 31.5 Å². The fourth-order valence-corrected chi connectivity index (χ4v) is 1.61. The van der Waals surface area contributed by atoms with E-state index in [1.807, 2.05) is 26.0 Å². The smallest absolute Gasteiger partial charge is 0.223 e. The Bertz CT molecular complexity index is 402. The van der Waals surface area contributed by atoms with Gasteiger partial charge in [0.05, 0.1) is 12.1 Å². The van der Waals surface area contributed by atoms with E-state index < -0.39 is 5.41 Å². The van der Waals surface area contributed by atoms with Crippen LogP contribution in [0.2, 0.25) is 5.02 Å². The summed E-state index contributed by atoms with van der Waals surface area (Å²) in [5.41, 5.74) is 5.73. The quantitative estimate of drug-likeness (QED) is 0.880. The Morgan fingerprint density at radius 2 is 2.12 bits per heavy atom. The Balaban J connectivity index is 2.94. The predicted octanol–water partition coefficient (Wildman–Crippen LogP) is 2.40. The van der Waals surface area contributed by atoms with Crippen LogP contribution in [-0.4, -0.2) is 13.0 Å². The molecule has 0 spiro atoms. The molecule has 0 atom stereocenters. The van der Waals surface area contributed by atoms with Gasteiger partial charge in [0, 0.05) is 5.41 Å². The Labute approximate surface area is 101 Å². The summed E-state index contributed by atoms with van der Waals surface area (Å²) in [6.07, 6.45) is 0.565. The number of hydrogen-bond donors (Lipinski definition) is 1. The molecule has 0 radical (unpaired) electrons. The Hall–Kier alpha value is -1.22. The van der Waals surface area contributed by atoms with Crippen molar-refractivity contribution in [3.05, 3.63) is 28.8 Å². The largest absolute Gasteiger partial charge is 0.495 e. The lowest BCUT2D eigenvalue weighted by atomic mass is 9.85. The van der Waals surface area contributed by atoms with Crippen molar-refractivity contribution in [2.75, 3.05) is 7.11 Å². The summed E-state index contributed by atoms with van der Waals surface area (Å²) in [5.74, 6) is 0.292. The van der Waals surface area contributed by atoms with Crippen LogP contribution in [0.5, 0.6) is 5.75 Å². The van der Waals surface area contributed by atoms with Gasteiger partial charge in [0.2, 0.25) is 5.91 Å². The van der Waals surface area contributed by atoms with Gasteiger partial charge in [-0.2, -0.15) is 0 Å². The van der Waals surface area contributed by atoms with Crippen LogP contribution in [0, 0.1) is 5.41 Å². The topological polar surface area (TPSA) is 52.3 Å². The van der Waals surface area contributed by atoms with E-state index in [4.69, 9.17) is 22.1 Å². The molecule has 1 rings (SSSR count). The lowest BCUT2D eigenvalue weighted by molar-refractivity contribution is -0.125. The van der Waals surface area contributed by atoms with Crippen LogP contribution in [0.1, 0.15) is 19.4 Å². The summed E-state index contributed by atoms with van der Waals surface area (Å²) < 4.78 is 5.11. The van der Waals surface area contributed by atoms with Crippen LogP contribution >= 0.6 is 11.6 Å². The Morgan fingerprint density at radius 3 is 2.62 bits per heavy atom. The maximum Gasteiger partial charge on any atom is 0.223 e. The number of hydrogen-bond acceptors (Lipinski definition) is 2. The molecule has 1 amide bonds. The minimum absolute atomic E-state index is 0.318. The molecule has 3 nitrogen and oxygen atoms in total. The lowest BCUT2D eigenvalue weighted by Crippen LogP contribution is -2.33. The molecule has 88 valence electrons. The third kappa shape index (κ3) is 2.89. The molecule has 0 aliphatic carbocycles. The number of primary amides is 1. The van der Waals surface area contributed by atoms with Gasteiger partial charge in [-0.25, -0.2) is 0 Å². The first-order chi connectivity index (χ1) is 7.36. The summed E-state index contributed by atoms with van der Waals surface area (Å²) in [7, 11) is 1.56. The number of nitrogens with two attached hydrogens (primary N) is 1. The summed E-state index contributed by atoms with van der Waals surface area (Å²) in [6, 6.07) is 5.45. The molecule has 2 N–H and O–H groups in total. The number of amides is 1. The highest BCUT2D eigenvalue weighted by Crippen LogP contribution is 2.28. The average molecular weight is 242 g/mol. The predicted molar refractivity (Wildman–Crippen MR) is 64.7 cm³/mol. The molecule has 0 aliphatic heterocycles. The molecule has 4 heteroatoms. The second-order valence-electron chi connectivity index (χ2n) is 4.39. The summed E-state index contributed by atoms with van der Waals surface area (Å²) in [6.45, 7) is 3.63. The molecule has 1 aromatic rings. The molecule has 0 heterocycles. The molecule has 0 saturated heterocycles. The van der Waals surface area contributed by atoms with Gasteiger partial charge in [0.15, 0.2) is 0 Å². The van der Waals surface area contributed by atoms with Gasteiger partial charge in [-0.3, -0.25) is 4.79 Å². The minimum atomic E-state index is -0.571. The molecule has 0 aliphatic rings. The van der Waals surface area contributed by atoms with Crippen molar-refractivity contribution < 1.29 is 9.53 Å². The van der Waals surface area contributed by atoms with E-state index in [1.54, 1.807) is 13.2 Å². The first-order valence-electron chi connectivity index (χ1n) is 4.99. The van der Waals surface area contributed by atoms with Crippen molar-refractivity contribution >= 4 is 17.5 Å². The number of benzene rings is 1. The first-order valence-corrected chi connectivity index (χ1v) is 5.37. The maximum absolute atomic E-state index is 11.2. The third-order valence-corrected chi connectivity index (χ3v) is 2.84. The highest BCUT2D eigenvalue weighted by molar-refractivity contribution is 6.32. The van der Waals surface area contributed by atoms with Gasteiger partial charge in [0.25, 0.3) is 0 Å². The van der Waals surface area contributed by atoms with Gasteiger partial charge >= 0.3 is 0 Å². The van der Waals surface area contributed by atoms with Crippen molar-refractivity contribution in [2.45, 2.75) is 20.3 Å². The summed E-state index contributed by atoms with van der Waals surface area (Å²) >= 11 is 5.91. The zero-order chi connectivity index (χ0) is 12.3. The monoisotopic (exact) mass is 241 g/mol. The van der Waals surface area contributed by atoms with Crippen molar-refractivity contribution in [3.8, 4) is 5.75 Å². The average Bonchev–Trinajstić information content (AvgIpc) is 2.20. The van der Waals surface area contributed by atoms with E-state index in [0.717, 1.165) is 5.56 Å². The van der Waals surface area contributed by atoms with Gasteiger partial charge in [-0.15, -0.1) is 0 Å². The van der Waals surface area contributed by atoms with Crippen LogP contribution in [0.25, 0.3) is 0 Å². The molecule has 0 bridgehead atoms.